The van der Waals surface area contributed by atoms with Crippen LogP contribution in [0.15, 0.2) is 18.3 Å². The molecule has 1 aromatic heterocycles. The van der Waals surface area contributed by atoms with E-state index in [0.717, 1.165) is 5.82 Å². The summed E-state index contributed by atoms with van der Waals surface area (Å²) in [7, 11) is 0. The molecule has 0 aliphatic heterocycles. The Bertz CT molecular complexity index is 320. The van der Waals surface area contributed by atoms with Gasteiger partial charge in [0.25, 0.3) is 0 Å². The molecule has 0 atom stereocenters. The number of pyridine rings is 1. The summed E-state index contributed by atoms with van der Waals surface area (Å²) in [6.07, 6.45) is 6.63. The highest BCUT2D eigenvalue weighted by Crippen LogP contribution is 2.26. The van der Waals surface area contributed by atoms with E-state index in [1.165, 1.54) is 25.7 Å². The van der Waals surface area contributed by atoms with Crippen LogP contribution in [0.2, 0.25) is 0 Å². The number of rotatable bonds is 4. The molecular weight excluding hydrogens is 202 g/mol. The number of hydrogen-bond donors (Lipinski definition) is 2. The lowest BCUT2D eigenvalue weighted by Crippen LogP contribution is -2.36. The van der Waals surface area contributed by atoms with Crippen LogP contribution in [0.5, 0.6) is 0 Å². The van der Waals surface area contributed by atoms with Crippen molar-refractivity contribution >= 4 is 11.5 Å². The number of nitrogens with zero attached hydrogens (tertiary/aromatic N) is 2. The SMILES string of the molecule is Nc1ccc(N(CCO)C2CCCC2)nc1. The Morgan fingerprint density at radius 3 is 2.69 bits per heavy atom. The highest BCUT2D eigenvalue weighted by Gasteiger charge is 2.22. The van der Waals surface area contributed by atoms with E-state index in [4.69, 9.17) is 10.8 Å². The van der Waals surface area contributed by atoms with Gasteiger partial charge in [-0.25, -0.2) is 4.98 Å². The molecule has 0 saturated heterocycles. The van der Waals surface area contributed by atoms with E-state index in [1.807, 2.05) is 12.1 Å². The first-order chi connectivity index (χ1) is 7.81. The van der Waals surface area contributed by atoms with Gasteiger partial charge in [-0.15, -0.1) is 0 Å². The number of aliphatic hydroxyl groups is 1. The Morgan fingerprint density at radius 2 is 2.12 bits per heavy atom. The van der Waals surface area contributed by atoms with Gasteiger partial charge in [-0.1, -0.05) is 12.8 Å². The second-order valence-corrected chi connectivity index (χ2v) is 4.31. The third-order valence-corrected chi connectivity index (χ3v) is 3.17. The quantitative estimate of drug-likeness (QED) is 0.807. The molecule has 3 N–H and O–H groups in total. The molecule has 16 heavy (non-hydrogen) atoms. The largest absolute Gasteiger partial charge is 0.397 e. The molecule has 88 valence electrons. The van der Waals surface area contributed by atoms with Crippen molar-refractivity contribution in [2.45, 2.75) is 31.7 Å². The van der Waals surface area contributed by atoms with Crippen LogP contribution in [0.25, 0.3) is 0 Å². The minimum atomic E-state index is 0.169. The normalized spacial score (nSPS) is 16.6. The highest BCUT2D eigenvalue weighted by atomic mass is 16.3. The monoisotopic (exact) mass is 221 g/mol. The van der Waals surface area contributed by atoms with Gasteiger partial charge in [0.05, 0.1) is 18.5 Å². The predicted octanol–water partition coefficient (Wildman–Crippen LogP) is 1.41. The zero-order valence-electron chi connectivity index (χ0n) is 9.47. The minimum Gasteiger partial charge on any atom is -0.397 e. The van der Waals surface area contributed by atoms with E-state index >= 15 is 0 Å². The van der Waals surface area contributed by atoms with Crippen molar-refractivity contribution in [3.8, 4) is 0 Å². The number of nitrogen functional groups attached to an aromatic ring is 1. The van der Waals surface area contributed by atoms with Crippen LogP contribution in [0.3, 0.4) is 0 Å². The Kier molecular flexibility index (Phi) is 3.62. The summed E-state index contributed by atoms with van der Waals surface area (Å²) < 4.78 is 0. The molecule has 0 radical (unpaired) electrons. The van der Waals surface area contributed by atoms with Gasteiger partial charge in [0, 0.05) is 12.6 Å². The molecule has 1 fully saturated rings. The van der Waals surface area contributed by atoms with E-state index in [-0.39, 0.29) is 6.61 Å². The van der Waals surface area contributed by atoms with E-state index < -0.39 is 0 Å². The molecule has 4 heteroatoms. The second-order valence-electron chi connectivity index (χ2n) is 4.31. The Labute approximate surface area is 96.1 Å². The lowest BCUT2D eigenvalue weighted by molar-refractivity contribution is 0.297. The van der Waals surface area contributed by atoms with Gasteiger partial charge in [0.15, 0.2) is 0 Å². The van der Waals surface area contributed by atoms with Crippen molar-refractivity contribution in [2.24, 2.45) is 0 Å². The highest BCUT2D eigenvalue weighted by molar-refractivity contribution is 5.46. The number of hydrogen-bond acceptors (Lipinski definition) is 4. The van der Waals surface area contributed by atoms with Crippen LogP contribution in [-0.2, 0) is 0 Å². The first-order valence-corrected chi connectivity index (χ1v) is 5.90. The smallest absolute Gasteiger partial charge is 0.128 e. The van der Waals surface area contributed by atoms with Gasteiger partial charge >= 0.3 is 0 Å². The lowest BCUT2D eigenvalue weighted by atomic mass is 10.2. The zero-order valence-corrected chi connectivity index (χ0v) is 9.47. The number of anilines is 2. The fourth-order valence-corrected chi connectivity index (χ4v) is 2.38. The van der Waals surface area contributed by atoms with Gasteiger partial charge in [0.1, 0.15) is 5.82 Å². The molecule has 1 saturated carbocycles. The van der Waals surface area contributed by atoms with Crippen molar-refractivity contribution in [3.63, 3.8) is 0 Å². The fraction of sp³-hybridized carbons (Fsp3) is 0.583. The average Bonchev–Trinajstić information content (AvgIpc) is 2.81. The first kappa shape index (κ1) is 11.2. The summed E-state index contributed by atoms with van der Waals surface area (Å²) in [4.78, 5) is 6.53. The Morgan fingerprint density at radius 1 is 1.38 bits per heavy atom. The van der Waals surface area contributed by atoms with Gasteiger partial charge in [-0.3, -0.25) is 0 Å². The summed E-state index contributed by atoms with van der Waals surface area (Å²) in [5, 5.41) is 9.12. The standard InChI is InChI=1S/C12H19N3O/c13-10-5-6-12(14-9-10)15(7-8-16)11-3-1-2-4-11/h5-6,9,11,16H,1-4,7-8,13H2. The van der Waals surface area contributed by atoms with Crippen LogP contribution in [-0.4, -0.2) is 29.3 Å². The Hall–Kier alpha value is -1.29. The van der Waals surface area contributed by atoms with Crippen LogP contribution in [0, 0.1) is 0 Å². The molecule has 0 unspecified atom stereocenters. The predicted molar refractivity (Wildman–Crippen MR) is 65.3 cm³/mol. The van der Waals surface area contributed by atoms with E-state index in [1.54, 1.807) is 6.20 Å². The topological polar surface area (TPSA) is 62.4 Å². The molecular formula is C12H19N3O. The third kappa shape index (κ3) is 2.44. The molecule has 1 aliphatic rings. The van der Waals surface area contributed by atoms with Crippen LogP contribution < -0.4 is 10.6 Å². The van der Waals surface area contributed by atoms with Gasteiger partial charge < -0.3 is 15.7 Å². The van der Waals surface area contributed by atoms with Gasteiger partial charge in [-0.2, -0.15) is 0 Å². The summed E-state index contributed by atoms with van der Waals surface area (Å²) in [6, 6.07) is 4.33. The van der Waals surface area contributed by atoms with Crippen LogP contribution in [0.1, 0.15) is 25.7 Å². The molecule has 1 aromatic rings. The lowest BCUT2D eigenvalue weighted by Gasteiger charge is -2.29. The number of aromatic nitrogens is 1. The molecule has 0 spiro atoms. The van der Waals surface area contributed by atoms with Gasteiger partial charge in [0.2, 0.25) is 0 Å². The van der Waals surface area contributed by atoms with Crippen molar-refractivity contribution in [3.05, 3.63) is 18.3 Å². The first-order valence-electron chi connectivity index (χ1n) is 5.90. The number of nitrogens with two attached hydrogens (primary N) is 1. The second kappa shape index (κ2) is 5.16. The molecule has 4 nitrogen and oxygen atoms in total. The molecule has 0 bridgehead atoms. The minimum absolute atomic E-state index is 0.169. The van der Waals surface area contributed by atoms with Crippen molar-refractivity contribution in [1.82, 2.24) is 4.98 Å². The molecule has 0 aromatic carbocycles. The summed E-state index contributed by atoms with van der Waals surface area (Å²) >= 11 is 0. The van der Waals surface area contributed by atoms with Crippen LogP contribution >= 0.6 is 0 Å². The average molecular weight is 221 g/mol. The van der Waals surface area contributed by atoms with E-state index in [2.05, 4.69) is 9.88 Å². The Balaban J connectivity index is 2.14. The van der Waals surface area contributed by atoms with Crippen molar-refractivity contribution < 1.29 is 5.11 Å². The molecule has 1 aliphatic carbocycles. The fourth-order valence-electron chi connectivity index (χ4n) is 2.38. The van der Waals surface area contributed by atoms with E-state index in [9.17, 15) is 0 Å². The molecule has 2 rings (SSSR count). The van der Waals surface area contributed by atoms with Crippen molar-refractivity contribution in [1.29, 1.82) is 0 Å². The maximum Gasteiger partial charge on any atom is 0.128 e. The summed E-state index contributed by atoms with van der Waals surface area (Å²) in [5.74, 6) is 0.926. The summed E-state index contributed by atoms with van der Waals surface area (Å²) in [6.45, 7) is 0.824. The molecule has 0 amide bonds. The summed E-state index contributed by atoms with van der Waals surface area (Å²) in [5.41, 5.74) is 6.30. The van der Waals surface area contributed by atoms with E-state index in [0.29, 0.717) is 18.3 Å². The van der Waals surface area contributed by atoms with Crippen molar-refractivity contribution in [2.75, 3.05) is 23.8 Å². The third-order valence-electron chi connectivity index (χ3n) is 3.17. The number of aliphatic hydroxyl groups excluding tert-OH is 1. The zero-order chi connectivity index (χ0) is 11.4. The maximum atomic E-state index is 9.12. The van der Waals surface area contributed by atoms with Crippen LogP contribution in [0.4, 0.5) is 11.5 Å². The van der Waals surface area contributed by atoms with Gasteiger partial charge in [-0.05, 0) is 25.0 Å². The maximum absolute atomic E-state index is 9.12. The molecule has 1 heterocycles.